The number of aliphatic hydroxyl groups is 1. The highest BCUT2D eigenvalue weighted by Crippen LogP contribution is 2.47. The van der Waals surface area contributed by atoms with E-state index in [-0.39, 0.29) is 18.6 Å². The van der Waals surface area contributed by atoms with Crippen molar-refractivity contribution in [2.24, 2.45) is 11.3 Å². The van der Waals surface area contributed by atoms with Crippen molar-refractivity contribution in [3.63, 3.8) is 0 Å². The molecule has 0 radical (unpaired) electrons. The first-order valence-corrected chi connectivity index (χ1v) is 5.31. The highest BCUT2D eigenvalue weighted by atomic mass is 19.4. The highest BCUT2D eigenvalue weighted by molar-refractivity contribution is 5.86. The first-order valence-electron chi connectivity index (χ1n) is 5.31. The second-order valence-corrected chi connectivity index (χ2v) is 5.58. The van der Waals surface area contributed by atoms with E-state index < -0.39 is 29.5 Å². The fourth-order valence-corrected chi connectivity index (χ4v) is 2.12. The Balaban J connectivity index is 2.77. The molecule has 1 rings (SSSR count). The summed E-state index contributed by atoms with van der Waals surface area (Å²) in [5, 5.41) is 9.44. The Morgan fingerprint density at radius 1 is 1.31 bits per heavy atom. The molecule has 5 heteroatoms. The maximum absolute atomic E-state index is 12.5. The van der Waals surface area contributed by atoms with Gasteiger partial charge in [0, 0.05) is 11.3 Å². The summed E-state index contributed by atoms with van der Waals surface area (Å²) in [6, 6.07) is 0. The topological polar surface area (TPSA) is 37.3 Å². The van der Waals surface area contributed by atoms with Crippen LogP contribution in [0.3, 0.4) is 0 Å². The summed E-state index contributed by atoms with van der Waals surface area (Å²) in [4.78, 5) is 11.8. The maximum Gasteiger partial charge on any atom is 0.417 e. The average Bonchev–Trinajstić information content (AvgIpc) is 2.45. The molecule has 0 saturated heterocycles. The monoisotopic (exact) mass is 238 g/mol. The van der Waals surface area contributed by atoms with E-state index in [1.165, 1.54) is 0 Å². The van der Waals surface area contributed by atoms with Gasteiger partial charge in [-0.25, -0.2) is 0 Å². The molecule has 0 spiro atoms. The molecule has 0 amide bonds. The highest BCUT2D eigenvalue weighted by Gasteiger charge is 2.58. The Bertz CT molecular complexity index is 291. The second-order valence-electron chi connectivity index (χ2n) is 5.58. The third-order valence-corrected chi connectivity index (χ3v) is 3.13. The van der Waals surface area contributed by atoms with E-state index in [1.54, 1.807) is 20.8 Å². The van der Waals surface area contributed by atoms with Crippen molar-refractivity contribution < 1.29 is 23.1 Å². The Morgan fingerprint density at radius 3 is 2.12 bits per heavy atom. The molecule has 0 bridgehead atoms. The van der Waals surface area contributed by atoms with E-state index >= 15 is 0 Å². The van der Waals surface area contributed by atoms with E-state index in [4.69, 9.17) is 0 Å². The summed E-state index contributed by atoms with van der Waals surface area (Å²) >= 11 is 0. The Kier molecular flexibility index (Phi) is 3.14. The summed E-state index contributed by atoms with van der Waals surface area (Å²) in [6.45, 7) is 5.04. The molecule has 1 N–H and O–H groups in total. The van der Waals surface area contributed by atoms with Crippen LogP contribution in [0.5, 0.6) is 0 Å². The van der Waals surface area contributed by atoms with Crippen LogP contribution in [0, 0.1) is 11.3 Å². The minimum absolute atomic E-state index is 0.117. The van der Waals surface area contributed by atoms with Crippen LogP contribution < -0.4 is 0 Å². The van der Waals surface area contributed by atoms with Gasteiger partial charge < -0.3 is 5.11 Å². The van der Waals surface area contributed by atoms with Crippen LogP contribution in [0.15, 0.2) is 0 Å². The SMILES string of the molecule is CC(C)(C)C(=O)[C@H]1CC[C@](O)(C(F)(F)F)C1. The number of alkyl halides is 3. The molecule has 0 aromatic heterocycles. The molecule has 0 heterocycles. The zero-order chi connectivity index (χ0) is 12.8. The Hall–Kier alpha value is -0.580. The van der Waals surface area contributed by atoms with Crippen molar-refractivity contribution >= 4 is 5.78 Å². The number of halogens is 3. The van der Waals surface area contributed by atoms with Gasteiger partial charge >= 0.3 is 6.18 Å². The molecule has 0 aromatic rings. The lowest BCUT2D eigenvalue weighted by Gasteiger charge is -2.27. The van der Waals surface area contributed by atoms with Gasteiger partial charge in [-0.15, -0.1) is 0 Å². The molecule has 0 aliphatic heterocycles. The first kappa shape index (κ1) is 13.5. The molecule has 1 aliphatic carbocycles. The van der Waals surface area contributed by atoms with Crippen LogP contribution in [0.1, 0.15) is 40.0 Å². The predicted octanol–water partition coefficient (Wildman–Crippen LogP) is 2.70. The van der Waals surface area contributed by atoms with Gasteiger partial charge in [0.1, 0.15) is 5.78 Å². The van der Waals surface area contributed by atoms with Crippen molar-refractivity contribution in [3.8, 4) is 0 Å². The van der Waals surface area contributed by atoms with Gasteiger partial charge in [-0.05, 0) is 19.3 Å². The third kappa shape index (κ3) is 2.39. The summed E-state index contributed by atoms with van der Waals surface area (Å²) in [5.41, 5.74) is -3.32. The Labute approximate surface area is 92.8 Å². The van der Waals surface area contributed by atoms with Gasteiger partial charge in [-0.3, -0.25) is 4.79 Å². The maximum atomic E-state index is 12.5. The molecule has 16 heavy (non-hydrogen) atoms. The summed E-state index contributed by atoms with van der Waals surface area (Å²) in [7, 11) is 0. The lowest BCUT2D eigenvalue weighted by atomic mass is 9.81. The van der Waals surface area contributed by atoms with Crippen molar-refractivity contribution in [1.82, 2.24) is 0 Å². The Morgan fingerprint density at radius 2 is 1.81 bits per heavy atom. The second kappa shape index (κ2) is 3.72. The van der Waals surface area contributed by atoms with Crippen LogP contribution in [0.4, 0.5) is 13.2 Å². The van der Waals surface area contributed by atoms with Gasteiger partial charge in [0.05, 0.1) is 0 Å². The van der Waals surface area contributed by atoms with Crippen molar-refractivity contribution in [3.05, 3.63) is 0 Å². The molecule has 94 valence electrons. The lowest BCUT2D eigenvalue weighted by Crippen LogP contribution is -2.43. The summed E-state index contributed by atoms with van der Waals surface area (Å²) in [6.07, 6.45) is -5.39. The van der Waals surface area contributed by atoms with E-state index in [0.29, 0.717) is 0 Å². The van der Waals surface area contributed by atoms with E-state index in [0.717, 1.165) is 0 Å². The van der Waals surface area contributed by atoms with Crippen LogP contribution in [0.25, 0.3) is 0 Å². The number of carbonyl (C=O) groups is 1. The predicted molar refractivity (Wildman–Crippen MR) is 52.8 cm³/mol. The van der Waals surface area contributed by atoms with E-state index in [2.05, 4.69) is 0 Å². The largest absolute Gasteiger partial charge is 0.417 e. The number of Topliss-reactive ketones (excluding diaryl/α,β-unsaturated/α-hetero) is 1. The average molecular weight is 238 g/mol. The zero-order valence-electron chi connectivity index (χ0n) is 9.69. The number of rotatable bonds is 1. The smallest absolute Gasteiger partial charge is 0.380 e. The quantitative estimate of drug-likeness (QED) is 0.762. The van der Waals surface area contributed by atoms with Crippen molar-refractivity contribution in [2.45, 2.75) is 51.8 Å². The molecular formula is C11H17F3O2. The van der Waals surface area contributed by atoms with Gasteiger partial charge in [0.2, 0.25) is 0 Å². The summed E-state index contributed by atoms with van der Waals surface area (Å²) in [5.74, 6) is -0.876. The van der Waals surface area contributed by atoms with Gasteiger partial charge in [-0.1, -0.05) is 20.8 Å². The molecule has 2 atom stereocenters. The molecule has 1 saturated carbocycles. The fraction of sp³-hybridized carbons (Fsp3) is 0.909. The molecule has 0 aromatic carbocycles. The molecule has 2 nitrogen and oxygen atoms in total. The van der Waals surface area contributed by atoms with Crippen molar-refractivity contribution in [2.75, 3.05) is 0 Å². The van der Waals surface area contributed by atoms with Crippen molar-refractivity contribution in [1.29, 1.82) is 0 Å². The molecule has 1 aliphatic rings. The molecular weight excluding hydrogens is 221 g/mol. The number of ketones is 1. The van der Waals surface area contributed by atoms with Crippen LogP contribution in [-0.4, -0.2) is 22.7 Å². The zero-order valence-corrected chi connectivity index (χ0v) is 9.69. The number of carbonyl (C=O) groups excluding carboxylic acids is 1. The normalized spacial score (nSPS) is 31.8. The molecule has 1 fully saturated rings. The minimum Gasteiger partial charge on any atom is -0.380 e. The third-order valence-electron chi connectivity index (χ3n) is 3.13. The van der Waals surface area contributed by atoms with Gasteiger partial charge in [-0.2, -0.15) is 13.2 Å². The first-order chi connectivity index (χ1) is 6.97. The van der Waals surface area contributed by atoms with Crippen LogP contribution >= 0.6 is 0 Å². The number of hydrogen-bond donors (Lipinski definition) is 1. The van der Waals surface area contributed by atoms with Crippen LogP contribution in [0.2, 0.25) is 0 Å². The fourth-order valence-electron chi connectivity index (χ4n) is 2.12. The molecule has 0 unspecified atom stereocenters. The van der Waals surface area contributed by atoms with Crippen LogP contribution in [-0.2, 0) is 4.79 Å². The number of hydrogen-bond acceptors (Lipinski definition) is 2. The lowest BCUT2D eigenvalue weighted by molar-refractivity contribution is -0.257. The van der Waals surface area contributed by atoms with E-state index in [1.807, 2.05) is 0 Å². The minimum atomic E-state index is -4.64. The van der Waals surface area contributed by atoms with E-state index in [9.17, 15) is 23.1 Å². The standard InChI is InChI=1S/C11H17F3O2/c1-9(2,3)8(15)7-4-5-10(16,6-7)11(12,13)14/h7,16H,4-6H2,1-3H3/t7-,10+/m0/s1. The summed E-state index contributed by atoms with van der Waals surface area (Å²) < 4.78 is 37.6. The van der Waals surface area contributed by atoms with Gasteiger partial charge in [0.15, 0.2) is 5.60 Å². The van der Waals surface area contributed by atoms with Gasteiger partial charge in [0.25, 0.3) is 0 Å².